The monoisotopic (exact) mass is 378 g/mol. The van der Waals surface area contributed by atoms with Gasteiger partial charge >= 0.3 is 0 Å². The molecule has 9 heteroatoms. The van der Waals surface area contributed by atoms with Crippen molar-refractivity contribution in [3.05, 3.63) is 72.1 Å². The Kier molecular flexibility index (Phi) is 4.63. The van der Waals surface area contributed by atoms with Crippen molar-refractivity contribution in [3.8, 4) is 17.5 Å². The van der Waals surface area contributed by atoms with Crippen LogP contribution in [-0.2, 0) is 6.54 Å². The average molecular weight is 378 g/mol. The maximum absolute atomic E-state index is 14.3. The molecule has 0 saturated carbocycles. The third-order valence-electron chi connectivity index (χ3n) is 3.68. The fraction of sp³-hybridized carbons (Fsp3) is 0.0556. The first-order valence-electron chi connectivity index (χ1n) is 7.87. The number of hydrogen-bond donors (Lipinski definition) is 0. The molecule has 0 aliphatic heterocycles. The zero-order chi connectivity index (χ0) is 18.6. The van der Waals surface area contributed by atoms with Crippen LogP contribution in [0.3, 0.4) is 0 Å². The van der Waals surface area contributed by atoms with Gasteiger partial charge in [-0.1, -0.05) is 12.1 Å². The van der Waals surface area contributed by atoms with Gasteiger partial charge in [0.1, 0.15) is 22.7 Å². The van der Waals surface area contributed by atoms with E-state index in [0.717, 1.165) is 0 Å². The highest BCUT2D eigenvalue weighted by Crippen LogP contribution is 2.30. The molecule has 132 valence electrons. The Labute approximate surface area is 157 Å². The Hall–Kier alpha value is -3.51. The van der Waals surface area contributed by atoms with Gasteiger partial charge < -0.3 is 4.42 Å². The van der Waals surface area contributed by atoms with Crippen LogP contribution in [-0.4, -0.2) is 25.0 Å². The highest BCUT2D eigenvalue weighted by molar-refractivity contribution is 7.99. The minimum absolute atomic E-state index is 0.225. The maximum atomic E-state index is 14.3. The van der Waals surface area contributed by atoms with Crippen molar-refractivity contribution in [2.45, 2.75) is 16.7 Å². The molecule has 0 radical (unpaired) electrons. The maximum Gasteiger partial charge on any atom is 0.198 e. The number of aromatic nitrogens is 5. The third kappa shape index (κ3) is 3.56. The molecule has 0 atom stereocenters. The molecule has 0 bridgehead atoms. The summed E-state index contributed by atoms with van der Waals surface area (Å²) in [4.78, 5) is 0. The summed E-state index contributed by atoms with van der Waals surface area (Å²) in [5.41, 5.74) is 0.567. The number of rotatable bonds is 5. The molecule has 0 saturated heterocycles. The lowest BCUT2D eigenvalue weighted by Crippen LogP contribution is -2.04. The smallest absolute Gasteiger partial charge is 0.198 e. The predicted molar refractivity (Wildman–Crippen MR) is 94.1 cm³/mol. The summed E-state index contributed by atoms with van der Waals surface area (Å²) in [5.74, 6) is 0.675. The van der Waals surface area contributed by atoms with Crippen LogP contribution in [0, 0.1) is 17.1 Å². The van der Waals surface area contributed by atoms with Gasteiger partial charge in [0.05, 0.1) is 18.4 Å². The van der Waals surface area contributed by atoms with Gasteiger partial charge in [-0.25, -0.2) is 4.39 Å². The molecule has 0 spiro atoms. The van der Waals surface area contributed by atoms with E-state index < -0.39 is 0 Å². The molecule has 0 unspecified atom stereocenters. The second-order valence-corrected chi connectivity index (χ2v) is 6.41. The van der Waals surface area contributed by atoms with E-state index in [9.17, 15) is 4.39 Å². The van der Waals surface area contributed by atoms with E-state index in [2.05, 4.69) is 20.4 Å². The molecule has 0 amide bonds. The van der Waals surface area contributed by atoms with Gasteiger partial charge in [0.2, 0.25) is 0 Å². The fourth-order valence-electron chi connectivity index (χ4n) is 2.43. The van der Waals surface area contributed by atoms with Crippen LogP contribution >= 0.6 is 11.8 Å². The first-order chi connectivity index (χ1) is 13.2. The molecule has 4 aromatic rings. The van der Waals surface area contributed by atoms with Gasteiger partial charge in [-0.3, -0.25) is 4.57 Å². The SMILES string of the molecule is N#Cc1ccc(Sc2nnc(-c3ccccc3F)n2Cc2ccco2)nn1. The second-order valence-electron chi connectivity index (χ2n) is 5.42. The summed E-state index contributed by atoms with van der Waals surface area (Å²) in [7, 11) is 0. The molecule has 0 N–H and O–H groups in total. The molecular formula is C18H11FN6OS. The zero-order valence-corrected chi connectivity index (χ0v) is 14.6. The van der Waals surface area contributed by atoms with Crippen LogP contribution in [0.25, 0.3) is 11.4 Å². The largest absolute Gasteiger partial charge is 0.467 e. The molecular weight excluding hydrogens is 367 g/mol. The molecule has 0 aliphatic rings. The lowest BCUT2D eigenvalue weighted by atomic mass is 10.2. The van der Waals surface area contributed by atoms with Gasteiger partial charge in [0.15, 0.2) is 16.7 Å². The highest BCUT2D eigenvalue weighted by Gasteiger charge is 2.19. The van der Waals surface area contributed by atoms with Crippen molar-refractivity contribution in [2.75, 3.05) is 0 Å². The normalized spacial score (nSPS) is 10.7. The number of hydrogen-bond acceptors (Lipinski definition) is 7. The van der Waals surface area contributed by atoms with Crippen molar-refractivity contribution in [1.82, 2.24) is 25.0 Å². The second kappa shape index (κ2) is 7.39. The van der Waals surface area contributed by atoms with Crippen LogP contribution < -0.4 is 0 Å². The molecule has 3 aromatic heterocycles. The summed E-state index contributed by atoms with van der Waals surface area (Å²) in [6.45, 7) is 0.329. The fourth-order valence-corrected chi connectivity index (χ4v) is 3.18. The van der Waals surface area contributed by atoms with Crippen molar-refractivity contribution in [3.63, 3.8) is 0 Å². The number of halogens is 1. The van der Waals surface area contributed by atoms with Crippen LogP contribution in [0.4, 0.5) is 4.39 Å². The average Bonchev–Trinajstić information content (AvgIpc) is 3.34. The molecule has 7 nitrogen and oxygen atoms in total. The number of benzene rings is 1. The Balaban J connectivity index is 1.74. The summed E-state index contributed by atoms with van der Waals surface area (Å²) >= 11 is 1.22. The Morgan fingerprint density at radius 3 is 2.63 bits per heavy atom. The third-order valence-corrected chi connectivity index (χ3v) is 4.59. The summed E-state index contributed by atoms with van der Waals surface area (Å²) in [5, 5.41) is 26.0. The van der Waals surface area contributed by atoms with Crippen LogP contribution in [0.2, 0.25) is 0 Å². The molecule has 1 aromatic carbocycles. The van der Waals surface area contributed by atoms with Crippen LogP contribution in [0.15, 0.2) is 69.4 Å². The van der Waals surface area contributed by atoms with Gasteiger partial charge in [-0.2, -0.15) is 5.26 Å². The molecule has 27 heavy (non-hydrogen) atoms. The van der Waals surface area contributed by atoms with E-state index >= 15 is 0 Å². The van der Waals surface area contributed by atoms with Gasteiger partial charge in [0.25, 0.3) is 0 Å². The summed E-state index contributed by atoms with van der Waals surface area (Å²) in [6.07, 6.45) is 1.57. The van der Waals surface area contributed by atoms with Crippen molar-refractivity contribution < 1.29 is 8.81 Å². The first kappa shape index (κ1) is 16.9. The van der Waals surface area contributed by atoms with E-state index in [1.807, 2.05) is 12.1 Å². The van der Waals surface area contributed by atoms with E-state index in [-0.39, 0.29) is 11.5 Å². The summed E-state index contributed by atoms with van der Waals surface area (Å²) < 4.78 is 21.5. The zero-order valence-electron chi connectivity index (χ0n) is 13.8. The van der Waals surface area contributed by atoms with Crippen LogP contribution in [0.1, 0.15) is 11.5 Å². The van der Waals surface area contributed by atoms with Crippen molar-refractivity contribution in [2.24, 2.45) is 0 Å². The molecule has 0 aliphatic carbocycles. The molecule has 4 rings (SSSR count). The van der Waals surface area contributed by atoms with E-state index in [0.29, 0.717) is 33.9 Å². The van der Waals surface area contributed by atoms with Crippen LogP contribution in [0.5, 0.6) is 0 Å². The highest BCUT2D eigenvalue weighted by atomic mass is 32.2. The van der Waals surface area contributed by atoms with Gasteiger partial charge in [-0.05, 0) is 48.2 Å². The molecule has 0 fully saturated rings. The van der Waals surface area contributed by atoms with Crippen molar-refractivity contribution >= 4 is 11.8 Å². The summed E-state index contributed by atoms with van der Waals surface area (Å²) in [6, 6.07) is 15.1. The quantitative estimate of drug-likeness (QED) is 0.524. The lowest BCUT2D eigenvalue weighted by Gasteiger charge is -2.09. The predicted octanol–water partition coefficient (Wildman–Crippen LogP) is 3.54. The van der Waals surface area contributed by atoms with Crippen molar-refractivity contribution in [1.29, 1.82) is 5.26 Å². The van der Waals surface area contributed by atoms with Gasteiger partial charge in [-0.15, -0.1) is 20.4 Å². The Bertz CT molecular complexity index is 1100. The Morgan fingerprint density at radius 2 is 1.93 bits per heavy atom. The number of furan rings is 1. The Morgan fingerprint density at radius 1 is 1.04 bits per heavy atom. The van der Waals surface area contributed by atoms with E-state index in [4.69, 9.17) is 9.68 Å². The minimum Gasteiger partial charge on any atom is -0.467 e. The molecule has 3 heterocycles. The topological polar surface area (TPSA) is 93.4 Å². The minimum atomic E-state index is -0.389. The lowest BCUT2D eigenvalue weighted by molar-refractivity contribution is 0.485. The standard InChI is InChI=1S/C18H11FN6OS/c19-15-6-2-1-5-14(15)17-23-24-18(25(17)11-13-4-3-9-26-13)27-16-8-7-12(10-20)21-22-16/h1-9H,11H2. The number of nitrogens with zero attached hydrogens (tertiary/aromatic N) is 6. The number of nitriles is 1. The first-order valence-corrected chi connectivity index (χ1v) is 8.68. The van der Waals surface area contributed by atoms with E-state index in [1.165, 1.54) is 17.8 Å². The van der Waals surface area contributed by atoms with Gasteiger partial charge in [0, 0.05) is 0 Å². The van der Waals surface area contributed by atoms with E-state index in [1.54, 1.807) is 47.2 Å².